The first-order valence-electron chi connectivity index (χ1n) is 7.24. The fourth-order valence-electron chi connectivity index (χ4n) is 2.60. The normalized spacial score (nSPS) is 22.6. The second-order valence-corrected chi connectivity index (χ2v) is 5.12. The molecule has 2 unspecified atom stereocenters. The molecule has 20 heavy (non-hydrogen) atoms. The third kappa shape index (κ3) is 3.10. The number of rotatable bonds is 4. The fourth-order valence-corrected chi connectivity index (χ4v) is 2.60. The molecule has 0 bridgehead atoms. The number of ether oxygens (including phenoxy) is 1. The third-order valence-electron chi connectivity index (χ3n) is 3.92. The predicted octanol–water partition coefficient (Wildman–Crippen LogP) is 1.83. The molecular formula is C15H23N3O2. The second-order valence-electron chi connectivity index (χ2n) is 5.12. The van der Waals surface area contributed by atoms with E-state index in [9.17, 15) is 4.79 Å². The third-order valence-corrected chi connectivity index (χ3v) is 3.92. The number of hydrogen-bond donors (Lipinski definition) is 1. The summed E-state index contributed by atoms with van der Waals surface area (Å²) < 4.78 is 4.78. The van der Waals surface area contributed by atoms with Gasteiger partial charge in [0.1, 0.15) is 5.82 Å². The molecule has 110 valence electrons. The molecule has 0 aromatic carbocycles. The van der Waals surface area contributed by atoms with Crippen LogP contribution in [0.4, 0.5) is 5.82 Å². The standard InChI is InChI=1S/C15H23N3O2/c1-4-12-10-18(13(5-2)9-17-12)14-8-11(6-7-16-14)15(19)20-3/h6-8,12-13,17H,4-5,9-10H2,1-3H3. The minimum Gasteiger partial charge on any atom is -0.465 e. The highest BCUT2D eigenvalue weighted by Crippen LogP contribution is 2.21. The number of nitrogens with zero attached hydrogens (tertiary/aromatic N) is 2. The summed E-state index contributed by atoms with van der Waals surface area (Å²) in [7, 11) is 1.40. The lowest BCUT2D eigenvalue weighted by molar-refractivity contribution is 0.0600. The molecule has 1 aliphatic rings. The van der Waals surface area contributed by atoms with E-state index in [-0.39, 0.29) is 5.97 Å². The number of anilines is 1. The maximum Gasteiger partial charge on any atom is 0.338 e. The van der Waals surface area contributed by atoms with E-state index in [0.717, 1.165) is 31.7 Å². The summed E-state index contributed by atoms with van der Waals surface area (Å²) in [6.45, 7) is 6.24. The number of methoxy groups -OCH3 is 1. The zero-order valence-corrected chi connectivity index (χ0v) is 12.4. The molecule has 5 nitrogen and oxygen atoms in total. The summed E-state index contributed by atoms with van der Waals surface area (Å²) in [6, 6.07) is 4.40. The van der Waals surface area contributed by atoms with Crippen molar-refractivity contribution in [3.05, 3.63) is 23.9 Å². The number of pyridine rings is 1. The molecule has 5 heteroatoms. The van der Waals surface area contributed by atoms with E-state index in [0.29, 0.717) is 17.6 Å². The number of piperazine rings is 1. The van der Waals surface area contributed by atoms with E-state index >= 15 is 0 Å². The fraction of sp³-hybridized carbons (Fsp3) is 0.600. The molecule has 2 rings (SSSR count). The Bertz CT molecular complexity index is 464. The van der Waals surface area contributed by atoms with E-state index in [2.05, 4.69) is 29.0 Å². The van der Waals surface area contributed by atoms with Crippen molar-refractivity contribution in [2.45, 2.75) is 38.8 Å². The van der Waals surface area contributed by atoms with Gasteiger partial charge in [0, 0.05) is 31.4 Å². The molecule has 0 saturated carbocycles. The SMILES string of the molecule is CCC1CN(c2cc(C(=O)OC)ccn2)C(CC)CN1. The van der Waals surface area contributed by atoms with E-state index in [4.69, 9.17) is 4.74 Å². The molecule has 1 aromatic heterocycles. The first-order valence-corrected chi connectivity index (χ1v) is 7.24. The maximum absolute atomic E-state index is 11.6. The van der Waals surface area contributed by atoms with Crippen LogP contribution in [0.25, 0.3) is 0 Å². The van der Waals surface area contributed by atoms with Gasteiger partial charge in [0.2, 0.25) is 0 Å². The van der Waals surface area contributed by atoms with Crippen LogP contribution < -0.4 is 10.2 Å². The lowest BCUT2D eigenvalue weighted by atomic mass is 10.0. The highest BCUT2D eigenvalue weighted by Gasteiger charge is 2.27. The molecule has 2 heterocycles. The zero-order valence-electron chi connectivity index (χ0n) is 12.4. The highest BCUT2D eigenvalue weighted by atomic mass is 16.5. The molecule has 2 atom stereocenters. The summed E-state index contributed by atoms with van der Waals surface area (Å²) in [4.78, 5) is 18.4. The van der Waals surface area contributed by atoms with Crippen LogP contribution in [0.5, 0.6) is 0 Å². The Morgan fingerprint density at radius 2 is 2.30 bits per heavy atom. The minimum absolute atomic E-state index is 0.316. The van der Waals surface area contributed by atoms with Crippen molar-refractivity contribution in [2.24, 2.45) is 0 Å². The summed E-state index contributed by atoms with van der Waals surface area (Å²) in [5, 5.41) is 3.56. The highest BCUT2D eigenvalue weighted by molar-refractivity contribution is 5.90. The van der Waals surface area contributed by atoms with E-state index in [1.165, 1.54) is 7.11 Å². The van der Waals surface area contributed by atoms with Crippen LogP contribution in [0.2, 0.25) is 0 Å². The Morgan fingerprint density at radius 1 is 1.50 bits per heavy atom. The predicted molar refractivity (Wildman–Crippen MR) is 79.1 cm³/mol. The van der Waals surface area contributed by atoms with Gasteiger partial charge in [0.15, 0.2) is 0 Å². The van der Waals surface area contributed by atoms with Crippen molar-refractivity contribution in [2.75, 3.05) is 25.1 Å². The summed E-state index contributed by atoms with van der Waals surface area (Å²) in [5.74, 6) is 0.545. The number of hydrogen-bond acceptors (Lipinski definition) is 5. The van der Waals surface area contributed by atoms with Gasteiger partial charge in [-0.25, -0.2) is 9.78 Å². The number of aromatic nitrogens is 1. The zero-order chi connectivity index (χ0) is 14.5. The average molecular weight is 277 g/mol. The Balaban J connectivity index is 2.25. The summed E-state index contributed by atoms with van der Waals surface area (Å²) in [5.41, 5.74) is 0.555. The Labute approximate surface area is 120 Å². The monoisotopic (exact) mass is 277 g/mol. The Hall–Kier alpha value is -1.62. The number of nitrogens with one attached hydrogen (secondary N) is 1. The van der Waals surface area contributed by atoms with Gasteiger partial charge in [0.25, 0.3) is 0 Å². The van der Waals surface area contributed by atoms with Gasteiger partial charge in [-0.3, -0.25) is 0 Å². The lowest BCUT2D eigenvalue weighted by Gasteiger charge is -2.40. The molecule has 1 aliphatic heterocycles. The van der Waals surface area contributed by atoms with Crippen LogP contribution in [0.3, 0.4) is 0 Å². The van der Waals surface area contributed by atoms with E-state index in [1.54, 1.807) is 12.3 Å². The van der Waals surface area contributed by atoms with Gasteiger partial charge in [-0.15, -0.1) is 0 Å². The molecule has 0 aliphatic carbocycles. The first-order chi connectivity index (χ1) is 9.69. The molecule has 1 aromatic rings. The van der Waals surface area contributed by atoms with Crippen LogP contribution in [0.1, 0.15) is 37.0 Å². The van der Waals surface area contributed by atoms with Gasteiger partial charge in [-0.1, -0.05) is 13.8 Å². The van der Waals surface area contributed by atoms with Crippen molar-refractivity contribution in [3.8, 4) is 0 Å². The van der Waals surface area contributed by atoms with Gasteiger partial charge >= 0.3 is 5.97 Å². The largest absolute Gasteiger partial charge is 0.465 e. The number of carbonyl (C=O) groups is 1. The molecule has 0 spiro atoms. The number of esters is 1. The molecule has 0 radical (unpaired) electrons. The summed E-state index contributed by atoms with van der Waals surface area (Å²) >= 11 is 0. The van der Waals surface area contributed by atoms with Gasteiger partial charge in [-0.2, -0.15) is 0 Å². The van der Waals surface area contributed by atoms with Crippen molar-refractivity contribution in [1.82, 2.24) is 10.3 Å². The van der Waals surface area contributed by atoms with Crippen molar-refractivity contribution in [3.63, 3.8) is 0 Å². The van der Waals surface area contributed by atoms with Crippen molar-refractivity contribution in [1.29, 1.82) is 0 Å². The van der Waals surface area contributed by atoms with Crippen LogP contribution in [-0.4, -0.2) is 43.2 Å². The lowest BCUT2D eigenvalue weighted by Crippen LogP contribution is -2.56. The van der Waals surface area contributed by atoms with Crippen LogP contribution in [-0.2, 0) is 4.74 Å². The summed E-state index contributed by atoms with van der Waals surface area (Å²) in [6.07, 6.45) is 3.81. The van der Waals surface area contributed by atoms with Crippen LogP contribution in [0.15, 0.2) is 18.3 Å². The molecule has 1 saturated heterocycles. The minimum atomic E-state index is -0.316. The molecule has 0 amide bonds. The van der Waals surface area contributed by atoms with Gasteiger partial charge in [-0.05, 0) is 25.0 Å². The molecule has 1 N–H and O–H groups in total. The smallest absolute Gasteiger partial charge is 0.338 e. The first kappa shape index (κ1) is 14.8. The number of carbonyl (C=O) groups excluding carboxylic acids is 1. The molecular weight excluding hydrogens is 254 g/mol. The van der Waals surface area contributed by atoms with Crippen LogP contribution >= 0.6 is 0 Å². The Morgan fingerprint density at radius 3 is 2.95 bits per heavy atom. The maximum atomic E-state index is 11.6. The molecule has 1 fully saturated rings. The quantitative estimate of drug-likeness (QED) is 0.851. The van der Waals surface area contributed by atoms with Crippen LogP contribution in [0, 0.1) is 0 Å². The van der Waals surface area contributed by atoms with Gasteiger partial charge in [0.05, 0.1) is 12.7 Å². The topological polar surface area (TPSA) is 54.5 Å². The van der Waals surface area contributed by atoms with E-state index < -0.39 is 0 Å². The second kappa shape index (κ2) is 6.70. The van der Waals surface area contributed by atoms with Gasteiger partial charge < -0.3 is 15.0 Å². The Kier molecular flexibility index (Phi) is 4.95. The van der Waals surface area contributed by atoms with Crippen molar-refractivity contribution >= 4 is 11.8 Å². The van der Waals surface area contributed by atoms with Crippen molar-refractivity contribution < 1.29 is 9.53 Å². The van der Waals surface area contributed by atoms with E-state index in [1.807, 2.05) is 6.07 Å². The average Bonchev–Trinajstić information content (AvgIpc) is 2.53.